The molecule has 152 valence electrons. The molecule has 0 aromatic carbocycles. The van der Waals surface area contributed by atoms with Gasteiger partial charge in [0.05, 0.1) is 24.8 Å². The predicted octanol–water partition coefficient (Wildman–Crippen LogP) is 3.32. The highest BCUT2D eigenvalue weighted by Crippen LogP contribution is 2.28. The third-order valence-corrected chi connectivity index (χ3v) is 3.89. The Balaban J connectivity index is 2.12. The van der Waals surface area contributed by atoms with E-state index in [4.69, 9.17) is 9.47 Å². The minimum absolute atomic E-state index is 0.119. The van der Waals surface area contributed by atoms with Crippen LogP contribution in [0.25, 0.3) is 0 Å². The molecule has 1 N–H and O–H groups in total. The molecule has 27 heavy (non-hydrogen) atoms. The van der Waals surface area contributed by atoms with Crippen molar-refractivity contribution in [1.29, 1.82) is 0 Å². The standard InChI is InChI=1S/C17H25F3N4O3/c1-10-9-24(15(25)27-16(3,4)5)12(11(2)26-10)8-22-14-21-7-6-13(23-14)17(18,19)20/h6-7,10-12H,8-9H2,1-5H3,(H,21,22,23)/t10-,11+,12-/m1/s1. The van der Waals surface area contributed by atoms with Gasteiger partial charge in [-0.15, -0.1) is 0 Å². The van der Waals surface area contributed by atoms with Crippen LogP contribution in [0.3, 0.4) is 0 Å². The van der Waals surface area contributed by atoms with Gasteiger partial charge in [0.2, 0.25) is 5.95 Å². The number of morpholine rings is 1. The van der Waals surface area contributed by atoms with Gasteiger partial charge in [-0.25, -0.2) is 14.8 Å². The number of ether oxygens (including phenoxy) is 2. The monoisotopic (exact) mass is 390 g/mol. The van der Waals surface area contributed by atoms with Crippen molar-refractivity contribution in [2.75, 3.05) is 18.4 Å². The van der Waals surface area contributed by atoms with Crippen molar-refractivity contribution in [3.8, 4) is 0 Å². The Morgan fingerprint density at radius 3 is 2.63 bits per heavy atom. The predicted molar refractivity (Wildman–Crippen MR) is 92.3 cm³/mol. The number of hydrogen-bond acceptors (Lipinski definition) is 6. The third kappa shape index (κ3) is 5.95. The lowest BCUT2D eigenvalue weighted by Crippen LogP contribution is -2.58. The first kappa shape index (κ1) is 21.2. The van der Waals surface area contributed by atoms with Gasteiger partial charge in [-0.1, -0.05) is 0 Å². The summed E-state index contributed by atoms with van der Waals surface area (Å²) in [7, 11) is 0. The van der Waals surface area contributed by atoms with Crippen molar-refractivity contribution >= 4 is 12.0 Å². The second kappa shape index (κ2) is 7.87. The molecule has 3 atom stereocenters. The molecule has 0 radical (unpaired) electrons. The summed E-state index contributed by atoms with van der Waals surface area (Å²) in [6.45, 7) is 9.37. The van der Waals surface area contributed by atoms with Gasteiger partial charge >= 0.3 is 12.3 Å². The van der Waals surface area contributed by atoms with Gasteiger partial charge in [-0.3, -0.25) is 4.90 Å². The summed E-state index contributed by atoms with van der Waals surface area (Å²) in [4.78, 5) is 21.4. The van der Waals surface area contributed by atoms with E-state index in [2.05, 4.69) is 15.3 Å². The molecule has 0 saturated carbocycles. The topological polar surface area (TPSA) is 76.6 Å². The average Bonchev–Trinajstić information content (AvgIpc) is 2.51. The zero-order valence-corrected chi connectivity index (χ0v) is 16.0. The lowest BCUT2D eigenvalue weighted by molar-refractivity contribution is -0.141. The van der Waals surface area contributed by atoms with Crippen LogP contribution in [0.15, 0.2) is 12.3 Å². The molecule has 1 amide bonds. The van der Waals surface area contributed by atoms with Crippen molar-refractivity contribution in [1.82, 2.24) is 14.9 Å². The maximum Gasteiger partial charge on any atom is 0.433 e. The highest BCUT2D eigenvalue weighted by Gasteiger charge is 2.38. The summed E-state index contributed by atoms with van der Waals surface area (Å²) in [5, 5.41) is 2.77. The van der Waals surface area contributed by atoms with Crippen molar-refractivity contribution in [2.45, 2.75) is 64.6 Å². The minimum Gasteiger partial charge on any atom is -0.444 e. The molecule has 0 unspecified atom stereocenters. The fourth-order valence-corrected chi connectivity index (χ4v) is 2.77. The number of anilines is 1. The smallest absolute Gasteiger partial charge is 0.433 e. The minimum atomic E-state index is -4.56. The number of hydrogen-bond donors (Lipinski definition) is 1. The molecule has 1 aromatic rings. The molecule has 0 aliphatic carbocycles. The number of nitrogens with zero attached hydrogens (tertiary/aromatic N) is 3. The molecule has 10 heteroatoms. The Morgan fingerprint density at radius 2 is 2.04 bits per heavy atom. The molecule has 1 saturated heterocycles. The first-order chi connectivity index (χ1) is 12.4. The Kier molecular flexibility index (Phi) is 6.18. The van der Waals surface area contributed by atoms with Crippen LogP contribution < -0.4 is 5.32 Å². The van der Waals surface area contributed by atoms with E-state index in [1.54, 1.807) is 27.7 Å². The van der Waals surface area contributed by atoms with E-state index in [1.807, 2.05) is 6.92 Å². The van der Waals surface area contributed by atoms with Crippen molar-refractivity contribution in [3.05, 3.63) is 18.0 Å². The molecule has 1 aromatic heterocycles. The number of alkyl halides is 3. The summed E-state index contributed by atoms with van der Waals surface area (Å²) >= 11 is 0. The molecule has 0 spiro atoms. The van der Waals surface area contributed by atoms with Crippen LogP contribution in [0.4, 0.5) is 23.9 Å². The van der Waals surface area contributed by atoms with E-state index >= 15 is 0 Å². The first-order valence-corrected chi connectivity index (χ1v) is 8.66. The van der Waals surface area contributed by atoms with Crippen LogP contribution >= 0.6 is 0 Å². The van der Waals surface area contributed by atoms with Gasteiger partial charge in [0, 0.05) is 12.7 Å². The molecule has 1 aliphatic rings. The largest absolute Gasteiger partial charge is 0.444 e. The molecule has 2 heterocycles. The fraction of sp³-hybridized carbons (Fsp3) is 0.706. The molecule has 1 fully saturated rings. The number of carbonyl (C=O) groups is 1. The van der Waals surface area contributed by atoms with Crippen LogP contribution in [0, 0.1) is 0 Å². The van der Waals surface area contributed by atoms with Gasteiger partial charge in [0.15, 0.2) is 0 Å². The molecule has 0 bridgehead atoms. The Bertz CT molecular complexity index is 664. The van der Waals surface area contributed by atoms with Crippen molar-refractivity contribution in [3.63, 3.8) is 0 Å². The summed E-state index contributed by atoms with van der Waals surface area (Å²) in [5.74, 6) is -0.167. The summed E-state index contributed by atoms with van der Waals surface area (Å²) in [5.41, 5.74) is -1.70. The van der Waals surface area contributed by atoms with Crippen molar-refractivity contribution in [2.24, 2.45) is 0 Å². The van der Waals surface area contributed by atoms with E-state index in [0.717, 1.165) is 12.3 Å². The number of amides is 1. The number of carbonyl (C=O) groups excluding carboxylic acids is 1. The SMILES string of the molecule is C[C@@H]1CN(C(=O)OC(C)(C)C)[C@H](CNc2nccc(C(F)(F)F)n2)[C@H](C)O1. The molecular formula is C17H25F3N4O3. The number of aromatic nitrogens is 2. The second-order valence-electron chi connectivity index (χ2n) is 7.50. The molecule has 2 rings (SSSR count). The van der Waals surface area contributed by atoms with Gasteiger partial charge in [-0.2, -0.15) is 13.2 Å². The van der Waals surface area contributed by atoms with Gasteiger partial charge in [0.25, 0.3) is 0 Å². The highest BCUT2D eigenvalue weighted by atomic mass is 19.4. The van der Waals surface area contributed by atoms with E-state index in [9.17, 15) is 18.0 Å². The maximum absolute atomic E-state index is 12.8. The number of rotatable bonds is 3. The summed E-state index contributed by atoms with van der Waals surface area (Å²) < 4.78 is 49.6. The van der Waals surface area contributed by atoms with Gasteiger partial charge in [0.1, 0.15) is 11.3 Å². The summed E-state index contributed by atoms with van der Waals surface area (Å²) in [6.07, 6.45) is -4.56. The molecule has 7 nitrogen and oxygen atoms in total. The van der Waals surface area contributed by atoms with E-state index < -0.39 is 29.6 Å². The van der Waals surface area contributed by atoms with Gasteiger partial charge < -0.3 is 14.8 Å². The maximum atomic E-state index is 12.8. The van der Waals surface area contributed by atoms with Crippen LogP contribution in [0.5, 0.6) is 0 Å². The van der Waals surface area contributed by atoms with Crippen LogP contribution in [0.1, 0.15) is 40.3 Å². The van der Waals surface area contributed by atoms with Crippen LogP contribution in [-0.4, -0.2) is 57.9 Å². The first-order valence-electron chi connectivity index (χ1n) is 8.66. The van der Waals surface area contributed by atoms with Gasteiger partial charge in [-0.05, 0) is 40.7 Å². The Labute approximate surface area is 156 Å². The Hall–Kier alpha value is -2.10. The fourth-order valence-electron chi connectivity index (χ4n) is 2.77. The quantitative estimate of drug-likeness (QED) is 0.853. The molecule has 1 aliphatic heterocycles. The van der Waals surface area contributed by atoms with E-state index in [0.29, 0.717) is 6.54 Å². The number of halogens is 3. The van der Waals surface area contributed by atoms with E-state index in [1.165, 1.54) is 4.90 Å². The third-order valence-electron chi connectivity index (χ3n) is 3.89. The van der Waals surface area contributed by atoms with E-state index in [-0.39, 0.29) is 24.7 Å². The zero-order valence-electron chi connectivity index (χ0n) is 16.0. The molecular weight excluding hydrogens is 365 g/mol. The van der Waals surface area contributed by atoms with Crippen molar-refractivity contribution < 1.29 is 27.4 Å². The average molecular weight is 390 g/mol. The second-order valence-corrected chi connectivity index (χ2v) is 7.50. The highest BCUT2D eigenvalue weighted by molar-refractivity contribution is 5.69. The number of nitrogens with one attached hydrogen (secondary N) is 1. The lowest BCUT2D eigenvalue weighted by atomic mass is 10.1. The lowest BCUT2D eigenvalue weighted by Gasteiger charge is -2.43. The summed E-state index contributed by atoms with van der Waals surface area (Å²) in [6, 6.07) is 0.348. The van der Waals surface area contributed by atoms with Crippen LogP contribution in [0.2, 0.25) is 0 Å². The normalized spacial score (nSPS) is 23.9. The van der Waals surface area contributed by atoms with Crippen LogP contribution in [-0.2, 0) is 15.7 Å². The Morgan fingerprint density at radius 1 is 1.37 bits per heavy atom. The zero-order chi connectivity index (χ0) is 20.4.